The van der Waals surface area contributed by atoms with Gasteiger partial charge in [0.2, 0.25) is 15.9 Å². The summed E-state index contributed by atoms with van der Waals surface area (Å²) in [5.41, 5.74) is 1.82. The summed E-state index contributed by atoms with van der Waals surface area (Å²) in [6.07, 6.45) is 9.26. The van der Waals surface area contributed by atoms with E-state index in [-0.39, 0.29) is 24.1 Å². The molecule has 3 rings (SSSR count). The van der Waals surface area contributed by atoms with Gasteiger partial charge in [0.1, 0.15) is 0 Å². The van der Waals surface area contributed by atoms with Crippen LogP contribution < -0.4 is 5.32 Å². The number of carbonyl (C=O) groups is 1. The van der Waals surface area contributed by atoms with Crippen LogP contribution in [0.4, 0.5) is 0 Å². The summed E-state index contributed by atoms with van der Waals surface area (Å²) in [6, 6.07) is 4.95. The van der Waals surface area contributed by atoms with Crippen molar-refractivity contribution in [2.75, 3.05) is 19.6 Å². The minimum Gasteiger partial charge on any atom is -0.356 e. The first kappa shape index (κ1) is 22.6. The number of carbonyl (C=O) groups excluding carboxylic acids is 1. The number of nitrogens with zero attached hydrogens (tertiary/aromatic N) is 1. The number of hydrogen-bond acceptors (Lipinski definition) is 3. The van der Waals surface area contributed by atoms with Crippen LogP contribution in [-0.2, 0) is 20.6 Å². The molecule has 0 spiro atoms. The Morgan fingerprint density at radius 1 is 1.17 bits per heavy atom. The summed E-state index contributed by atoms with van der Waals surface area (Å²) in [7, 11) is -3.61. The van der Waals surface area contributed by atoms with Gasteiger partial charge in [-0.2, -0.15) is 0 Å². The minimum absolute atomic E-state index is 0.0583. The highest BCUT2D eigenvalue weighted by molar-refractivity contribution is 7.88. The fraction of sp³-hybridized carbons (Fsp3) is 0.571. The third-order valence-corrected chi connectivity index (χ3v) is 8.15. The van der Waals surface area contributed by atoms with Crippen molar-refractivity contribution >= 4 is 39.1 Å². The third kappa shape index (κ3) is 6.20. The van der Waals surface area contributed by atoms with Crippen molar-refractivity contribution in [2.24, 2.45) is 5.92 Å². The topological polar surface area (TPSA) is 66.5 Å². The van der Waals surface area contributed by atoms with Crippen LogP contribution in [0.3, 0.4) is 0 Å². The second-order valence-corrected chi connectivity index (χ2v) is 10.6. The largest absolute Gasteiger partial charge is 0.356 e. The summed E-state index contributed by atoms with van der Waals surface area (Å²) in [5.74, 6) is -0.633. The molecule has 0 bridgehead atoms. The molecular weight excluding hydrogens is 431 g/mol. The van der Waals surface area contributed by atoms with Crippen molar-refractivity contribution in [1.29, 1.82) is 0 Å². The fourth-order valence-corrected chi connectivity index (χ4v) is 6.34. The monoisotopic (exact) mass is 458 g/mol. The van der Waals surface area contributed by atoms with Gasteiger partial charge in [0.25, 0.3) is 0 Å². The average Bonchev–Trinajstić information content (AvgIpc) is 2.72. The quantitative estimate of drug-likeness (QED) is 0.609. The molecule has 1 fully saturated rings. The summed E-state index contributed by atoms with van der Waals surface area (Å²) >= 11 is 12.3. The molecule has 8 heteroatoms. The Kier molecular flexibility index (Phi) is 8.02. The van der Waals surface area contributed by atoms with Gasteiger partial charge in [0.05, 0.1) is 11.7 Å². The molecule has 1 saturated heterocycles. The zero-order valence-corrected chi connectivity index (χ0v) is 18.8. The lowest BCUT2D eigenvalue weighted by molar-refractivity contribution is -0.126. The maximum atomic E-state index is 12.9. The van der Waals surface area contributed by atoms with E-state index in [1.807, 2.05) is 0 Å². The van der Waals surface area contributed by atoms with Gasteiger partial charge in [-0.15, -0.1) is 0 Å². The third-order valence-electron chi connectivity index (χ3n) is 5.67. The summed E-state index contributed by atoms with van der Waals surface area (Å²) < 4.78 is 27.2. The van der Waals surface area contributed by atoms with Crippen LogP contribution in [0.15, 0.2) is 29.8 Å². The highest BCUT2D eigenvalue weighted by Crippen LogP contribution is 2.29. The van der Waals surface area contributed by atoms with Crippen molar-refractivity contribution in [3.05, 3.63) is 45.5 Å². The molecule has 0 saturated carbocycles. The molecule has 160 valence electrons. The van der Waals surface area contributed by atoms with E-state index in [1.54, 1.807) is 18.2 Å². The molecule has 1 heterocycles. The van der Waals surface area contributed by atoms with Crippen LogP contribution in [0.1, 0.15) is 50.5 Å². The van der Waals surface area contributed by atoms with Crippen molar-refractivity contribution < 1.29 is 13.2 Å². The molecule has 2 aliphatic rings. The Labute approximate surface area is 183 Å². The maximum Gasteiger partial charge on any atom is 0.224 e. The Hall–Kier alpha value is -1.08. The molecular formula is C21H28Cl2N2O3S. The first-order valence-corrected chi connectivity index (χ1v) is 12.6. The number of sulfonamides is 1. The zero-order valence-electron chi connectivity index (χ0n) is 16.5. The van der Waals surface area contributed by atoms with Gasteiger partial charge in [0, 0.05) is 35.2 Å². The molecule has 0 unspecified atom stereocenters. The summed E-state index contributed by atoms with van der Waals surface area (Å²) in [6.45, 7) is 1.24. The first-order valence-electron chi connectivity index (χ1n) is 10.2. The Morgan fingerprint density at radius 3 is 2.62 bits per heavy atom. The van der Waals surface area contributed by atoms with E-state index in [4.69, 9.17) is 23.2 Å². The Bertz CT molecular complexity index is 850. The molecule has 0 aromatic heterocycles. The molecule has 29 heavy (non-hydrogen) atoms. The van der Waals surface area contributed by atoms with E-state index < -0.39 is 10.0 Å². The van der Waals surface area contributed by atoms with Gasteiger partial charge in [-0.25, -0.2) is 12.7 Å². The van der Waals surface area contributed by atoms with Crippen molar-refractivity contribution in [3.8, 4) is 0 Å². The second-order valence-electron chi connectivity index (χ2n) is 7.80. The van der Waals surface area contributed by atoms with E-state index in [2.05, 4.69) is 11.4 Å². The van der Waals surface area contributed by atoms with E-state index in [0.29, 0.717) is 41.5 Å². The van der Waals surface area contributed by atoms with E-state index in [9.17, 15) is 13.2 Å². The smallest absolute Gasteiger partial charge is 0.224 e. The van der Waals surface area contributed by atoms with Crippen LogP contribution in [0.2, 0.25) is 10.0 Å². The normalized spacial score (nSPS) is 20.9. The van der Waals surface area contributed by atoms with E-state index in [0.717, 1.165) is 19.3 Å². The number of rotatable bonds is 7. The average molecular weight is 459 g/mol. The fourth-order valence-electron chi connectivity index (χ4n) is 3.98. The number of piperidine rings is 1. The lowest BCUT2D eigenvalue weighted by Gasteiger charge is -2.31. The van der Waals surface area contributed by atoms with Crippen molar-refractivity contribution in [3.63, 3.8) is 0 Å². The van der Waals surface area contributed by atoms with Gasteiger partial charge in [-0.1, -0.05) is 40.9 Å². The lowest BCUT2D eigenvalue weighted by atomic mass is 9.96. The van der Waals surface area contributed by atoms with E-state index in [1.165, 1.54) is 22.7 Å². The van der Waals surface area contributed by atoms with Gasteiger partial charge in [-0.05, 0) is 57.1 Å². The van der Waals surface area contributed by atoms with Crippen molar-refractivity contribution in [2.45, 2.75) is 50.7 Å². The van der Waals surface area contributed by atoms with Gasteiger partial charge in [0.15, 0.2) is 0 Å². The first-order chi connectivity index (χ1) is 13.9. The predicted octanol–water partition coefficient (Wildman–Crippen LogP) is 4.54. The molecule has 1 atom stereocenters. The predicted molar refractivity (Wildman–Crippen MR) is 118 cm³/mol. The van der Waals surface area contributed by atoms with Crippen LogP contribution in [0.25, 0.3) is 0 Å². The summed E-state index contributed by atoms with van der Waals surface area (Å²) in [4.78, 5) is 12.6. The summed E-state index contributed by atoms with van der Waals surface area (Å²) in [5, 5.41) is 3.67. The van der Waals surface area contributed by atoms with Crippen molar-refractivity contribution in [1.82, 2.24) is 9.62 Å². The van der Waals surface area contributed by atoms with Gasteiger partial charge in [-0.3, -0.25) is 4.79 Å². The van der Waals surface area contributed by atoms with Crippen LogP contribution in [0, 0.1) is 5.92 Å². The van der Waals surface area contributed by atoms with Crippen LogP contribution in [0.5, 0.6) is 0 Å². The molecule has 0 radical (unpaired) electrons. The molecule has 1 aromatic carbocycles. The molecule has 5 nitrogen and oxygen atoms in total. The van der Waals surface area contributed by atoms with Crippen LogP contribution >= 0.6 is 23.2 Å². The number of amides is 1. The SMILES string of the molecule is O=C(NCCC1=CCCCC1)[C@H]1CCCN(S(=O)(=O)Cc2c(Cl)cccc2Cl)C1. The van der Waals surface area contributed by atoms with E-state index >= 15 is 0 Å². The van der Waals surface area contributed by atoms with Gasteiger partial charge < -0.3 is 5.32 Å². The number of halogens is 2. The lowest BCUT2D eigenvalue weighted by Crippen LogP contribution is -2.45. The molecule has 1 aliphatic heterocycles. The molecule has 1 aliphatic carbocycles. The maximum absolute atomic E-state index is 12.9. The second kappa shape index (κ2) is 10.3. The molecule has 1 N–H and O–H groups in total. The molecule has 1 amide bonds. The number of benzene rings is 1. The van der Waals surface area contributed by atoms with Gasteiger partial charge >= 0.3 is 0 Å². The highest BCUT2D eigenvalue weighted by Gasteiger charge is 2.33. The number of hydrogen-bond donors (Lipinski definition) is 1. The Morgan fingerprint density at radius 2 is 1.93 bits per heavy atom. The van der Waals surface area contributed by atoms with Crippen LogP contribution in [-0.4, -0.2) is 38.3 Å². The standard InChI is InChI=1S/C21H28Cl2N2O3S/c22-19-9-4-10-20(23)18(19)15-29(27,28)25-13-5-8-17(14-25)21(26)24-12-11-16-6-2-1-3-7-16/h4,6,9-10,17H,1-3,5,7-8,11-15H2,(H,24,26)/t17-/m0/s1. The number of nitrogens with one attached hydrogen (secondary N) is 1. The minimum atomic E-state index is -3.61. The highest BCUT2D eigenvalue weighted by atomic mass is 35.5. The Balaban J connectivity index is 1.56. The number of allylic oxidation sites excluding steroid dienone is 1. The zero-order chi connectivity index (χ0) is 20.9. The molecule has 1 aromatic rings.